The first-order valence-corrected chi connectivity index (χ1v) is 6.82. The van der Waals surface area contributed by atoms with Gasteiger partial charge in [-0.3, -0.25) is 0 Å². The highest BCUT2D eigenvalue weighted by atomic mass is 16.5. The summed E-state index contributed by atoms with van der Waals surface area (Å²) in [5.74, 6) is 0. The minimum atomic E-state index is 0.673. The second-order valence-corrected chi connectivity index (χ2v) is 4.54. The van der Waals surface area contributed by atoms with Crippen molar-refractivity contribution in [1.82, 2.24) is 5.32 Å². The molecule has 19 heavy (non-hydrogen) atoms. The van der Waals surface area contributed by atoms with Crippen molar-refractivity contribution in [2.24, 2.45) is 0 Å². The number of benzene rings is 1. The van der Waals surface area contributed by atoms with E-state index in [1.54, 1.807) is 7.11 Å². The van der Waals surface area contributed by atoms with Gasteiger partial charge in [0.25, 0.3) is 0 Å². The first-order valence-electron chi connectivity index (χ1n) is 6.82. The second-order valence-electron chi connectivity index (χ2n) is 4.54. The van der Waals surface area contributed by atoms with Gasteiger partial charge in [-0.15, -0.1) is 0 Å². The van der Waals surface area contributed by atoms with Gasteiger partial charge in [-0.2, -0.15) is 0 Å². The quantitative estimate of drug-likeness (QED) is 0.658. The standard InChI is InChI=1S/C16H25NO2/c1-15(13-16-7-4-3-5-8-16)14-17-9-6-10-19-12-11-18-2/h3-5,7-8,13,17H,6,9-12,14H2,1-2H3/b15-13+. The molecule has 3 nitrogen and oxygen atoms in total. The summed E-state index contributed by atoms with van der Waals surface area (Å²) in [6.45, 7) is 6.20. The van der Waals surface area contributed by atoms with Crippen molar-refractivity contribution in [1.29, 1.82) is 0 Å². The van der Waals surface area contributed by atoms with Crippen LogP contribution in [0.25, 0.3) is 6.08 Å². The van der Waals surface area contributed by atoms with Crippen LogP contribution in [0.3, 0.4) is 0 Å². The Kier molecular flexibility index (Phi) is 8.98. The minimum Gasteiger partial charge on any atom is -0.382 e. The van der Waals surface area contributed by atoms with E-state index in [1.807, 2.05) is 6.07 Å². The SMILES string of the molecule is COCCOCCCNC/C(C)=C/c1ccccc1. The molecule has 0 unspecified atom stereocenters. The predicted molar refractivity (Wildman–Crippen MR) is 80.3 cm³/mol. The summed E-state index contributed by atoms with van der Waals surface area (Å²) in [6, 6.07) is 10.4. The number of nitrogens with one attached hydrogen (secondary N) is 1. The molecule has 0 amide bonds. The molecule has 1 aromatic carbocycles. The summed E-state index contributed by atoms with van der Waals surface area (Å²) in [4.78, 5) is 0. The lowest BCUT2D eigenvalue weighted by Gasteiger charge is -2.06. The average Bonchev–Trinajstić information content (AvgIpc) is 2.43. The zero-order valence-electron chi connectivity index (χ0n) is 12.0. The van der Waals surface area contributed by atoms with Crippen molar-refractivity contribution in [3.8, 4) is 0 Å². The Balaban J connectivity index is 2.04. The van der Waals surface area contributed by atoms with E-state index in [0.29, 0.717) is 13.2 Å². The molecule has 0 aromatic heterocycles. The molecule has 0 radical (unpaired) electrons. The summed E-state index contributed by atoms with van der Waals surface area (Å²) >= 11 is 0. The molecule has 0 saturated heterocycles. The molecular weight excluding hydrogens is 238 g/mol. The topological polar surface area (TPSA) is 30.5 Å². The third-order valence-electron chi connectivity index (χ3n) is 2.69. The van der Waals surface area contributed by atoms with Crippen LogP contribution in [0, 0.1) is 0 Å². The fourth-order valence-electron chi connectivity index (χ4n) is 1.71. The van der Waals surface area contributed by atoms with Crippen LogP contribution in [0.5, 0.6) is 0 Å². The molecule has 3 heteroatoms. The molecule has 1 aromatic rings. The van der Waals surface area contributed by atoms with Gasteiger partial charge in [0.2, 0.25) is 0 Å². The van der Waals surface area contributed by atoms with E-state index < -0.39 is 0 Å². The lowest BCUT2D eigenvalue weighted by molar-refractivity contribution is 0.0696. The average molecular weight is 263 g/mol. The van der Waals surface area contributed by atoms with Crippen molar-refractivity contribution in [2.45, 2.75) is 13.3 Å². The Hall–Kier alpha value is -1.16. The molecule has 0 bridgehead atoms. The molecule has 0 saturated carbocycles. The highest BCUT2D eigenvalue weighted by Gasteiger charge is 1.93. The molecule has 1 N–H and O–H groups in total. The molecule has 0 heterocycles. The monoisotopic (exact) mass is 263 g/mol. The van der Waals surface area contributed by atoms with Gasteiger partial charge < -0.3 is 14.8 Å². The number of rotatable bonds is 10. The Morgan fingerprint density at radius 1 is 1.16 bits per heavy atom. The van der Waals surface area contributed by atoms with Crippen LogP contribution in [-0.2, 0) is 9.47 Å². The highest BCUT2D eigenvalue weighted by Crippen LogP contribution is 2.04. The summed E-state index contributed by atoms with van der Waals surface area (Å²) in [7, 11) is 1.69. The maximum absolute atomic E-state index is 5.40. The highest BCUT2D eigenvalue weighted by molar-refractivity contribution is 5.52. The van der Waals surface area contributed by atoms with E-state index in [4.69, 9.17) is 9.47 Å². The van der Waals surface area contributed by atoms with Crippen molar-refractivity contribution in [2.75, 3.05) is 40.0 Å². The second kappa shape index (κ2) is 10.7. The minimum absolute atomic E-state index is 0.673. The smallest absolute Gasteiger partial charge is 0.0700 e. The predicted octanol–water partition coefficient (Wildman–Crippen LogP) is 2.73. The summed E-state index contributed by atoms with van der Waals surface area (Å²) in [6.07, 6.45) is 3.24. The van der Waals surface area contributed by atoms with Gasteiger partial charge in [-0.25, -0.2) is 0 Å². The third-order valence-corrected chi connectivity index (χ3v) is 2.69. The lowest BCUT2D eigenvalue weighted by atomic mass is 10.1. The van der Waals surface area contributed by atoms with Gasteiger partial charge in [0.15, 0.2) is 0 Å². The van der Waals surface area contributed by atoms with E-state index in [9.17, 15) is 0 Å². The first kappa shape index (κ1) is 15.9. The van der Waals surface area contributed by atoms with Gasteiger partial charge >= 0.3 is 0 Å². The molecule has 1 rings (SSSR count). The Labute approximate surface area is 116 Å². The fraction of sp³-hybridized carbons (Fsp3) is 0.500. The number of methoxy groups -OCH3 is 1. The summed E-state index contributed by atoms with van der Waals surface area (Å²) in [5.41, 5.74) is 2.59. The van der Waals surface area contributed by atoms with Crippen LogP contribution < -0.4 is 5.32 Å². The number of ether oxygens (including phenoxy) is 2. The Morgan fingerprint density at radius 3 is 2.68 bits per heavy atom. The molecule has 0 fully saturated rings. The molecule has 0 aliphatic carbocycles. The van der Waals surface area contributed by atoms with E-state index in [0.717, 1.165) is 26.1 Å². The number of hydrogen-bond donors (Lipinski definition) is 1. The van der Waals surface area contributed by atoms with Crippen molar-refractivity contribution in [3.05, 3.63) is 41.5 Å². The summed E-state index contributed by atoms with van der Waals surface area (Å²) in [5, 5.41) is 3.42. The van der Waals surface area contributed by atoms with E-state index in [1.165, 1.54) is 11.1 Å². The van der Waals surface area contributed by atoms with Crippen LogP contribution in [-0.4, -0.2) is 40.0 Å². The van der Waals surface area contributed by atoms with Crippen LogP contribution in [0.2, 0.25) is 0 Å². The van der Waals surface area contributed by atoms with Crippen LogP contribution in [0.15, 0.2) is 35.9 Å². The van der Waals surface area contributed by atoms with Crippen molar-refractivity contribution >= 4 is 6.08 Å². The van der Waals surface area contributed by atoms with E-state index in [2.05, 4.69) is 42.6 Å². The molecule has 0 spiro atoms. The normalized spacial score (nSPS) is 11.8. The maximum atomic E-state index is 5.40. The zero-order valence-corrected chi connectivity index (χ0v) is 12.0. The summed E-state index contributed by atoms with van der Waals surface area (Å²) < 4.78 is 10.3. The van der Waals surface area contributed by atoms with Crippen molar-refractivity contribution < 1.29 is 9.47 Å². The molecule has 0 aliphatic heterocycles. The lowest BCUT2D eigenvalue weighted by Crippen LogP contribution is -2.19. The van der Waals surface area contributed by atoms with Gasteiger partial charge in [0.1, 0.15) is 0 Å². The molecule has 0 atom stereocenters. The Bertz CT molecular complexity index is 349. The van der Waals surface area contributed by atoms with Gasteiger partial charge in [-0.1, -0.05) is 42.0 Å². The van der Waals surface area contributed by atoms with Gasteiger partial charge in [-0.05, 0) is 25.5 Å². The van der Waals surface area contributed by atoms with Gasteiger partial charge in [0.05, 0.1) is 13.2 Å². The third kappa shape index (κ3) is 8.54. The zero-order chi connectivity index (χ0) is 13.8. The molecule has 106 valence electrons. The molecule has 0 aliphatic rings. The fourth-order valence-corrected chi connectivity index (χ4v) is 1.71. The first-order chi connectivity index (χ1) is 9.33. The van der Waals surface area contributed by atoms with E-state index in [-0.39, 0.29) is 0 Å². The molecular formula is C16H25NO2. The number of hydrogen-bond acceptors (Lipinski definition) is 3. The van der Waals surface area contributed by atoms with Crippen LogP contribution in [0.1, 0.15) is 18.9 Å². The van der Waals surface area contributed by atoms with Crippen molar-refractivity contribution in [3.63, 3.8) is 0 Å². The largest absolute Gasteiger partial charge is 0.382 e. The Morgan fingerprint density at radius 2 is 1.95 bits per heavy atom. The van der Waals surface area contributed by atoms with E-state index >= 15 is 0 Å². The maximum Gasteiger partial charge on any atom is 0.0700 e. The van der Waals surface area contributed by atoms with Crippen LogP contribution >= 0.6 is 0 Å². The van der Waals surface area contributed by atoms with Crippen LogP contribution in [0.4, 0.5) is 0 Å². The van der Waals surface area contributed by atoms with Gasteiger partial charge in [0, 0.05) is 20.3 Å².